The standard InChI is InChI=1S/C15H25ClN2/c1-6-9-18(11(2)3)15-8-7-13(10-14(15)16)12(4)17-5/h7-8,10-12,17H,6,9H2,1-5H3. The minimum atomic E-state index is 0.329. The Morgan fingerprint density at radius 3 is 2.39 bits per heavy atom. The minimum Gasteiger partial charge on any atom is -0.368 e. The van der Waals surface area contributed by atoms with Crippen LogP contribution < -0.4 is 10.2 Å². The molecule has 0 bridgehead atoms. The lowest BCUT2D eigenvalue weighted by molar-refractivity contribution is 0.650. The van der Waals surface area contributed by atoms with Crippen LogP contribution in [0.15, 0.2) is 18.2 Å². The van der Waals surface area contributed by atoms with E-state index < -0.39 is 0 Å². The van der Waals surface area contributed by atoms with E-state index in [1.54, 1.807) is 0 Å². The van der Waals surface area contributed by atoms with Gasteiger partial charge in [0.05, 0.1) is 10.7 Å². The highest BCUT2D eigenvalue weighted by Crippen LogP contribution is 2.30. The molecule has 102 valence electrons. The predicted octanol–water partition coefficient (Wildman–Crippen LogP) is 4.25. The average Bonchev–Trinajstić information content (AvgIpc) is 2.35. The molecule has 1 N–H and O–H groups in total. The number of hydrogen-bond donors (Lipinski definition) is 1. The van der Waals surface area contributed by atoms with Crippen LogP contribution in [0.2, 0.25) is 5.02 Å². The maximum Gasteiger partial charge on any atom is 0.0642 e. The molecule has 1 aromatic rings. The maximum atomic E-state index is 6.44. The van der Waals surface area contributed by atoms with Crippen LogP contribution in [0.3, 0.4) is 0 Å². The van der Waals surface area contributed by atoms with Crippen LogP contribution in [0.4, 0.5) is 5.69 Å². The lowest BCUT2D eigenvalue weighted by Gasteiger charge is -2.30. The van der Waals surface area contributed by atoms with E-state index in [9.17, 15) is 0 Å². The molecule has 0 spiro atoms. The smallest absolute Gasteiger partial charge is 0.0642 e. The highest BCUT2D eigenvalue weighted by atomic mass is 35.5. The molecule has 1 aromatic carbocycles. The summed E-state index contributed by atoms with van der Waals surface area (Å²) in [6, 6.07) is 7.17. The summed E-state index contributed by atoms with van der Waals surface area (Å²) in [5.41, 5.74) is 2.37. The fraction of sp³-hybridized carbons (Fsp3) is 0.600. The number of nitrogens with one attached hydrogen (secondary N) is 1. The van der Waals surface area contributed by atoms with Gasteiger partial charge in [0.15, 0.2) is 0 Å². The summed E-state index contributed by atoms with van der Waals surface area (Å²) < 4.78 is 0. The molecule has 0 aliphatic carbocycles. The molecule has 3 heteroatoms. The minimum absolute atomic E-state index is 0.329. The van der Waals surface area contributed by atoms with Gasteiger partial charge in [0.1, 0.15) is 0 Å². The molecule has 0 amide bonds. The molecule has 0 aliphatic heterocycles. The van der Waals surface area contributed by atoms with Crippen LogP contribution in [0.5, 0.6) is 0 Å². The summed E-state index contributed by atoms with van der Waals surface area (Å²) in [5, 5.41) is 4.08. The monoisotopic (exact) mass is 268 g/mol. The van der Waals surface area contributed by atoms with E-state index in [2.05, 4.69) is 56.1 Å². The first-order valence-corrected chi connectivity index (χ1v) is 7.12. The molecule has 18 heavy (non-hydrogen) atoms. The Morgan fingerprint density at radius 1 is 1.28 bits per heavy atom. The molecular formula is C15H25ClN2. The third kappa shape index (κ3) is 3.63. The molecule has 1 unspecified atom stereocenters. The molecule has 1 rings (SSSR count). The molecule has 0 fully saturated rings. The normalized spacial score (nSPS) is 12.8. The van der Waals surface area contributed by atoms with Crippen LogP contribution in [0.1, 0.15) is 45.7 Å². The lowest BCUT2D eigenvalue weighted by Crippen LogP contribution is -2.31. The van der Waals surface area contributed by atoms with Crippen LogP contribution in [-0.4, -0.2) is 19.6 Å². The van der Waals surface area contributed by atoms with Gasteiger partial charge in [-0.3, -0.25) is 0 Å². The van der Waals surface area contributed by atoms with E-state index >= 15 is 0 Å². The number of anilines is 1. The summed E-state index contributed by atoms with van der Waals surface area (Å²) in [7, 11) is 1.96. The van der Waals surface area contributed by atoms with Crippen molar-refractivity contribution in [1.29, 1.82) is 0 Å². The Labute approximate surface area is 116 Å². The van der Waals surface area contributed by atoms with Crippen LogP contribution >= 0.6 is 11.6 Å². The van der Waals surface area contributed by atoms with Crippen LogP contribution in [0.25, 0.3) is 0 Å². The Balaban J connectivity index is 3.03. The SMILES string of the molecule is CCCN(c1ccc(C(C)NC)cc1Cl)C(C)C. The zero-order valence-electron chi connectivity index (χ0n) is 12.1. The van der Waals surface area contributed by atoms with Crippen molar-refractivity contribution in [1.82, 2.24) is 5.32 Å². The highest BCUT2D eigenvalue weighted by Gasteiger charge is 2.14. The number of halogens is 1. The molecule has 0 radical (unpaired) electrons. The summed E-state index contributed by atoms with van der Waals surface area (Å²) in [4.78, 5) is 2.36. The Bertz CT molecular complexity index is 377. The Hall–Kier alpha value is -0.730. The van der Waals surface area contributed by atoms with Crippen molar-refractivity contribution in [2.24, 2.45) is 0 Å². The number of benzene rings is 1. The zero-order chi connectivity index (χ0) is 13.7. The summed E-state index contributed by atoms with van der Waals surface area (Å²) in [6.45, 7) is 9.78. The molecular weight excluding hydrogens is 244 g/mol. The summed E-state index contributed by atoms with van der Waals surface area (Å²) >= 11 is 6.44. The van der Waals surface area contributed by atoms with Crippen molar-refractivity contribution >= 4 is 17.3 Å². The van der Waals surface area contributed by atoms with Gasteiger partial charge in [0.25, 0.3) is 0 Å². The van der Waals surface area contributed by atoms with Gasteiger partial charge in [-0.05, 0) is 51.9 Å². The molecule has 0 aromatic heterocycles. The first kappa shape index (κ1) is 15.3. The largest absolute Gasteiger partial charge is 0.368 e. The van der Waals surface area contributed by atoms with E-state index in [4.69, 9.17) is 11.6 Å². The van der Waals surface area contributed by atoms with E-state index in [1.165, 1.54) is 5.56 Å². The molecule has 0 heterocycles. The van der Waals surface area contributed by atoms with Crippen molar-refractivity contribution in [3.63, 3.8) is 0 Å². The second-order valence-corrected chi connectivity index (χ2v) is 5.42. The second kappa shape index (κ2) is 7.01. The number of hydrogen-bond acceptors (Lipinski definition) is 2. The van der Waals surface area contributed by atoms with Crippen LogP contribution in [0, 0.1) is 0 Å². The summed E-state index contributed by atoms with van der Waals surface area (Å²) in [5.74, 6) is 0. The molecule has 1 atom stereocenters. The van der Waals surface area contributed by atoms with Gasteiger partial charge in [-0.2, -0.15) is 0 Å². The lowest BCUT2D eigenvalue weighted by atomic mass is 10.1. The van der Waals surface area contributed by atoms with Gasteiger partial charge in [-0.15, -0.1) is 0 Å². The fourth-order valence-electron chi connectivity index (χ4n) is 2.09. The number of nitrogens with zero attached hydrogens (tertiary/aromatic N) is 1. The topological polar surface area (TPSA) is 15.3 Å². The highest BCUT2D eigenvalue weighted by molar-refractivity contribution is 6.33. The Morgan fingerprint density at radius 2 is 1.94 bits per heavy atom. The second-order valence-electron chi connectivity index (χ2n) is 5.01. The van der Waals surface area contributed by atoms with Gasteiger partial charge in [-0.25, -0.2) is 0 Å². The molecule has 2 nitrogen and oxygen atoms in total. The van der Waals surface area contributed by atoms with Crippen LogP contribution in [-0.2, 0) is 0 Å². The van der Waals surface area contributed by atoms with E-state index in [0.29, 0.717) is 12.1 Å². The van der Waals surface area contributed by atoms with E-state index in [0.717, 1.165) is 23.7 Å². The van der Waals surface area contributed by atoms with Gasteiger partial charge in [0.2, 0.25) is 0 Å². The predicted molar refractivity (Wildman–Crippen MR) is 81.7 cm³/mol. The van der Waals surface area contributed by atoms with Crippen molar-refractivity contribution in [3.05, 3.63) is 28.8 Å². The van der Waals surface area contributed by atoms with Gasteiger partial charge < -0.3 is 10.2 Å². The Kier molecular flexibility index (Phi) is 5.97. The van der Waals surface area contributed by atoms with Crippen molar-refractivity contribution < 1.29 is 0 Å². The molecule has 0 saturated carbocycles. The van der Waals surface area contributed by atoms with E-state index in [1.807, 2.05) is 7.05 Å². The maximum absolute atomic E-state index is 6.44. The van der Waals surface area contributed by atoms with Crippen molar-refractivity contribution in [2.45, 2.75) is 46.2 Å². The zero-order valence-corrected chi connectivity index (χ0v) is 12.9. The van der Waals surface area contributed by atoms with Gasteiger partial charge >= 0.3 is 0 Å². The first-order chi connectivity index (χ1) is 8.51. The molecule has 0 aliphatic rings. The fourth-order valence-corrected chi connectivity index (χ4v) is 2.39. The summed E-state index contributed by atoms with van der Waals surface area (Å²) in [6.07, 6.45) is 1.13. The van der Waals surface area contributed by atoms with Crippen molar-refractivity contribution in [3.8, 4) is 0 Å². The third-order valence-corrected chi connectivity index (χ3v) is 3.60. The van der Waals surface area contributed by atoms with E-state index in [-0.39, 0.29) is 0 Å². The van der Waals surface area contributed by atoms with Gasteiger partial charge in [-0.1, -0.05) is 24.6 Å². The average molecular weight is 269 g/mol. The van der Waals surface area contributed by atoms with Crippen molar-refractivity contribution in [2.75, 3.05) is 18.5 Å². The molecule has 0 saturated heterocycles. The quantitative estimate of drug-likeness (QED) is 0.830. The third-order valence-electron chi connectivity index (χ3n) is 3.30. The number of rotatable bonds is 6. The van der Waals surface area contributed by atoms with Gasteiger partial charge in [0, 0.05) is 18.6 Å². The first-order valence-electron chi connectivity index (χ1n) is 6.74.